The number of hydrogen-bond donors (Lipinski definition) is 1. The fourth-order valence-electron chi connectivity index (χ4n) is 3.16. The molecule has 0 radical (unpaired) electrons. The van der Waals surface area contributed by atoms with Gasteiger partial charge in [-0.25, -0.2) is 4.98 Å². The predicted molar refractivity (Wildman–Crippen MR) is 120 cm³/mol. The van der Waals surface area contributed by atoms with Crippen LogP contribution < -0.4 is 10.1 Å². The number of carbonyl (C=O) groups excluding carboxylic acids is 1. The first-order valence-electron chi connectivity index (χ1n) is 9.67. The molecule has 1 heterocycles. The number of aromatic nitrogens is 1. The molecule has 0 aliphatic heterocycles. The van der Waals surface area contributed by atoms with Gasteiger partial charge in [0.1, 0.15) is 5.75 Å². The molecule has 0 unspecified atom stereocenters. The zero-order valence-electron chi connectivity index (χ0n) is 16.2. The van der Waals surface area contributed by atoms with Gasteiger partial charge in [-0.15, -0.1) is 11.3 Å². The molecule has 0 fully saturated rings. The molecule has 1 aromatic heterocycles. The van der Waals surface area contributed by atoms with E-state index in [1.54, 1.807) is 0 Å². The number of carbonyl (C=O) groups is 1. The molecule has 0 saturated carbocycles. The topological polar surface area (TPSA) is 51.2 Å². The molecule has 1 amide bonds. The van der Waals surface area contributed by atoms with Crippen LogP contribution in [0, 0.1) is 0 Å². The summed E-state index contributed by atoms with van der Waals surface area (Å²) in [6, 6.07) is 22.3. The molecule has 29 heavy (non-hydrogen) atoms. The number of rotatable bonds is 7. The first-order chi connectivity index (χ1) is 14.2. The Labute approximate surface area is 174 Å². The highest BCUT2D eigenvalue weighted by Gasteiger charge is 2.09. The number of amides is 1. The van der Waals surface area contributed by atoms with Gasteiger partial charge in [-0.1, -0.05) is 61.9 Å². The summed E-state index contributed by atoms with van der Waals surface area (Å²) < 4.78 is 5.58. The summed E-state index contributed by atoms with van der Waals surface area (Å²) in [6.45, 7) is 2.11. The molecule has 1 N–H and O–H groups in total. The number of aryl methyl sites for hydroxylation is 1. The number of nitrogens with zero attached hydrogens (tertiary/aromatic N) is 1. The van der Waals surface area contributed by atoms with Crippen molar-refractivity contribution < 1.29 is 9.53 Å². The maximum absolute atomic E-state index is 12.2. The van der Waals surface area contributed by atoms with Crippen LogP contribution in [0.4, 0.5) is 5.13 Å². The third-order valence-electron chi connectivity index (χ3n) is 4.63. The summed E-state index contributed by atoms with van der Waals surface area (Å²) >= 11 is 1.41. The number of ether oxygens (including phenoxy) is 1. The van der Waals surface area contributed by atoms with Gasteiger partial charge in [0.05, 0.1) is 5.69 Å². The molecule has 4 aromatic rings. The van der Waals surface area contributed by atoms with Crippen molar-refractivity contribution >= 4 is 33.1 Å². The first-order valence-corrected chi connectivity index (χ1v) is 10.6. The summed E-state index contributed by atoms with van der Waals surface area (Å²) in [5.41, 5.74) is 3.15. The quantitative estimate of drug-likeness (QED) is 0.417. The maximum atomic E-state index is 12.2. The van der Waals surface area contributed by atoms with E-state index in [4.69, 9.17) is 4.74 Å². The number of benzene rings is 3. The second-order valence-electron chi connectivity index (χ2n) is 6.83. The number of anilines is 1. The van der Waals surface area contributed by atoms with Crippen LogP contribution in [-0.4, -0.2) is 17.5 Å². The lowest BCUT2D eigenvalue weighted by Crippen LogP contribution is -2.20. The molecule has 0 aliphatic rings. The first kappa shape index (κ1) is 19.2. The van der Waals surface area contributed by atoms with Crippen molar-refractivity contribution in [2.45, 2.75) is 19.8 Å². The molecule has 0 saturated heterocycles. The second-order valence-corrected chi connectivity index (χ2v) is 7.69. The van der Waals surface area contributed by atoms with Gasteiger partial charge in [-0.3, -0.25) is 10.1 Å². The Kier molecular flexibility index (Phi) is 5.86. The van der Waals surface area contributed by atoms with Crippen molar-refractivity contribution in [3.05, 3.63) is 77.7 Å². The van der Waals surface area contributed by atoms with Crippen molar-refractivity contribution in [2.75, 3.05) is 11.9 Å². The molecule has 4 nitrogen and oxygen atoms in total. The van der Waals surface area contributed by atoms with Crippen molar-refractivity contribution in [1.29, 1.82) is 0 Å². The Morgan fingerprint density at radius 1 is 1.03 bits per heavy atom. The van der Waals surface area contributed by atoms with E-state index in [1.165, 1.54) is 27.7 Å². The van der Waals surface area contributed by atoms with Crippen molar-refractivity contribution in [3.63, 3.8) is 0 Å². The molecule has 0 spiro atoms. The van der Waals surface area contributed by atoms with Crippen LogP contribution in [0.3, 0.4) is 0 Å². The molecule has 3 aromatic carbocycles. The molecule has 146 valence electrons. The molecule has 4 rings (SSSR count). The fraction of sp³-hybridized carbons (Fsp3) is 0.167. The van der Waals surface area contributed by atoms with Gasteiger partial charge in [0.15, 0.2) is 11.7 Å². The van der Waals surface area contributed by atoms with Crippen molar-refractivity contribution in [1.82, 2.24) is 4.98 Å². The SMILES string of the molecule is CCCc1ccc(OCC(=O)Nc2nc(-c3ccc4ccccc4c3)cs2)cc1. The van der Waals surface area contributed by atoms with E-state index in [1.807, 2.05) is 47.8 Å². The molecule has 0 aliphatic carbocycles. The maximum Gasteiger partial charge on any atom is 0.264 e. The Morgan fingerprint density at radius 2 is 1.83 bits per heavy atom. The largest absolute Gasteiger partial charge is 0.484 e. The Balaban J connectivity index is 1.36. The minimum Gasteiger partial charge on any atom is -0.484 e. The summed E-state index contributed by atoms with van der Waals surface area (Å²) in [7, 11) is 0. The lowest BCUT2D eigenvalue weighted by molar-refractivity contribution is -0.118. The van der Waals surface area contributed by atoms with Crippen LogP contribution in [0.5, 0.6) is 5.75 Å². The number of nitrogens with one attached hydrogen (secondary N) is 1. The molecular weight excluding hydrogens is 380 g/mol. The Hall–Kier alpha value is -3.18. The summed E-state index contributed by atoms with van der Waals surface area (Å²) in [4.78, 5) is 16.8. The molecule has 0 bridgehead atoms. The Bertz CT molecular complexity index is 1120. The zero-order valence-corrected chi connectivity index (χ0v) is 17.0. The Morgan fingerprint density at radius 3 is 2.62 bits per heavy atom. The van der Waals surface area contributed by atoms with Gasteiger partial charge in [0, 0.05) is 10.9 Å². The van der Waals surface area contributed by atoms with Crippen LogP contribution in [0.15, 0.2) is 72.1 Å². The van der Waals surface area contributed by atoms with Crippen LogP contribution in [0.25, 0.3) is 22.0 Å². The fourth-order valence-corrected chi connectivity index (χ4v) is 3.89. The average molecular weight is 403 g/mol. The van der Waals surface area contributed by atoms with Crippen molar-refractivity contribution in [2.24, 2.45) is 0 Å². The summed E-state index contributed by atoms with van der Waals surface area (Å²) in [6.07, 6.45) is 2.15. The monoisotopic (exact) mass is 402 g/mol. The van der Waals surface area contributed by atoms with Gasteiger partial charge >= 0.3 is 0 Å². The molecular formula is C24H22N2O2S. The van der Waals surface area contributed by atoms with Crippen LogP contribution in [0.2, 0.25) is 0 Å². The standard InChI is InChI=1S/C24H22N2O2S/c1-2-5-17-8-12-21(13-9-17)28-15-23(27)26-24-25-22(16-29-24)20-11-10-18-6-3-4-7-19(18)14-20/h3-4,6-14,16H,2,5,15H2,1H3,(H,25,26,27). The minimum absolute atomic E-state index is 0.0436. The molecule has 0 atom stereocenters. The number of fused-ring (bicyclic) bond motifs is 1. The van der Waals surface area contributed by atoms with Gasteiger partial charge in [-0.2, -0.15) is 0 Å². The number of thiazole rings is 1. The van der Waals surface area contributed by atoms with Crippen molar-refractivity contribution in [3.8, 4) is 17.0 Å². The smallest absolute Gasteiger partial charge is 0.264 e. The minimum atomic E-state index is -0.220. The molecule has 5 heteroatoms. The van der Waals surface area contributed by atoms with Gasteiger partial charge in [-0.05, 0) is 41.0 Å². The third-order valence-corrected chi connectivity index (χ3v) is 5.39. The second kappa shape index (κ2) is 8.88. The highest BCUT2D eigenvalue weighted by atomic mass is 32.1. The van der Waals surface area contributed by atoms with Crippen LogP contribution >= 0.6 is 11.3 Å². The van der Waals surface area contributed by atoms with Gasteiger partial charge in [0.2, 0.25) is 0 Å². The van der Waals surface area contributed by atoms with E-state index in [9.17, 15) is 4.79 Å². The lowest BCUT2D eigenvalue weighted by atomic mass is 10.1. The zero-order chi connectivity index (χ0) is 20.1. The predicted octanol–water partition coefficient (Wildman–Crippen LogP) is 5.93. The van der Waals surface area contributed by atoms with Gasteiger partial charge in [0.25, 0.3) is 5.91 Å². The van der Waals surface area contributed by atoms with E-state index < -0.39 is 0 Å². The van der Waals surface area contributed by atoms with E-state index in [0.717, 1.165) is 24.1 Å². The lowest BCUT2D eigenvalue weighted by Gasteiger charge is -2.06. The van der Waals surface area contributed by atoms with E-state index in [-0.39, 0.29) is 12.5 Å². The van der Waals surface area contributed by atoms with Crippen LogP contribution in [0.1, 0.15) is 18.9 Å². The number of hydrogen-bond acceptors (Lipinski definition) is 4. The third kappa shape index (κ3) is 4.81. The van der Waals surface area contributed by atoms with E-state index in [2.05, 4.69) is 41.5 Å². The normalized spacial score (nSPS) is 10.8. The highest BCUT2D eigenvalue weighted by Crippen LogP contribution is 2.27. The van der Waals surface area contributed by atoms with E-state index in [0.29, 0.717) is 10.9 Å². The summed E-state index contributed by atoms with van der Waals surface area (Å²) in [5, 5.41) is 7.70. The average Bonchev–Trinajstić information content (AvgIpc) is 3.21. The van der Waals surface area contributed by atoms with Gasteiger partial charge < -0.3 is 4.74 Å². The van der Waals surface area contributed by atoms with Crippen LogP contribution in [-0.2, 0) is 11.2 Å². The summed E-state index contributed by atoms with van der Waals surface area (Å²) in [5.74, 6) is 0.470. The highest BCUT2D eigenvalue weighted by molar-refractivity contribution is 7.14. The van der Waals surface area contributed by atoms with E-state index >= 15 is 0 Å².